The maximum absolute atomic E-state index is 13.0. The van der Waals surface area contributed by atoms with E-state index in [-0.39, 0.29) is 41.5 Å². The number of nitro groups is 1. The summed E-state index contributed by atoms with van der Waals surface area (Å²) in [6.45, 7) is 3.52. The summed E-state index contributed by atoms with van der Waals surface area (Å²) < 4.78 is 16.7. The van der Waals surface area contributed by atoms with Crippen LogP contribution in [0.2, 0.25) is 0 Å². The highest BCUT2D eigenvalue weighted by Crippen LogP contribution is 2.37. The smallest absolute Gasteiger partial charge is 0.324 e. The number of nitriles is 1. The van der Waals surface area contributed by atoms with Gasteiger partial charge < -0.3 is 24.1 Å². The predicted molar refractivity (Wildman–Crippen MR) is 149 cm³/mol. The van der Waals surface area contributed by atoms with E-state index in [0.717, 1.165) is 14.2 Å². The SMILES string of the molecule is COC(=O)C(C(=O)OC)c1cc(-c2cn(C)nc2COC[C@@H](C)N(C)C(=O)c2cc(C)[nH]c2C=O)cc(C#N)c1[N+](=O)[O-]. The number of nitrogens with one attached hydrogen (secondary N) is 1. The highest BCUT2D eigenvalue weighted by atomic mass is 16.6. The standard InChI is InChI=1S/C28H30N6O9/c1-15-7-19(22(12-35)30-15)26(36)33(4)16(2)13-43-14-23-21(11-32(3)31-23)17-8-18(10-29)25(34(39)40)20(9-17)24(27(37)41-5)28(38)42-6/h7-9,11-12,16,24,30H,13-14H2,1-6H3/t16-/m1/s1. The fourth-order valence-electron chi connectivity index (χ4n) is 4.50. The van der Waals surface area contributed by atoms with Gasteiger partial charge in [-0.05, 0) is 37.6 Å². The van der Waals surface area contributed by atoms with Crippen LogP contribution >= 0.6 is 0 Å². The molecule has 226 valence electrons. The van der Waals surface area contributed by atoms with Crippen molar-refractivity contribution < 1.29 is 38.3 Å². The van der Waals surface area contributed by atoms with E-state index in [0.29, 0.717) is 23.2 Å². The molecule has 0 spiro atoms. The lowest BCUT2D eigenvalue weighted by molar-refractivity contribution is -0.385. The fraction of sp³-hybridized carbons (Fsp3) is 0.357. The number of methoxy groups -OCH3 is 2. The molecule has 0 bridgehead atoms. The average Bonchev–Trinajstić information content (AvgIpc) is 3.56. The first kappa shape index (κ1) is 32.2. The molecule has 0 saturated heterocycles. The number of benzene rings is 1. The zero-order valence-corrected chi connectivity index (χ0v) is 24.4. The number of hydrogen-bond acceptors (Lipinski definition) is 11. The molecule has 0 aliphatic heterocycles. The maximum atomic E-state index is 13.0. The number of likely N-dealkylation sites (N-methyl/N-ethyl adjacent to an activating group) is 1. The molecule has 0 fully saturated rings. The molecular formula is C28H30N6O9. The van der Waals surface area contributed by atoms with Crippen LogP contribution < -0.4 is 0 Å². The van der Waals surface area contributed by atoms with Gasteiger partial charge in [0.05, 0.1) is 60.9 Å². The van der Waals surface area contributed by atoms with Crippen LogP contribution in [0, 0.1) is 28.4 Å². The van der Waals surface area contributed by atoms with Gasteiger partial charge >= 0.3 is 11.9 Å². The van der Waals surface area contributed by atoms with Crippen molar-refractivity contribution in [2.45, 2.75) is 32.4 Å². The number of ether oxygens (including phenoxy) is 3. The van der Waals surface area contributed by atoms with Crippen molar-refractivity contribution >= 4 is 29.8 Å². The van der Waals surface area contributed by atoms with Gasteiger partial charge in [0, 0.05) is 31.5 Å². The van der Waals surface area contributed by atoms with Crippen LogP contribution in [0.15, 0.2) is 24.4 Å². The molecule has 0 aliphatic rings. The molecule has 0 radical (unpaired) electrons. The van der Waals surface area contributed by atoms with E-state index in [4.69, 9.17) is 14.2 Å². The molecule has 2 aromatic heterocycles. The van der Waals surface area contributed by atoms with Crippen LogP contribution in [0.5, 0.6) is 0 Å². The van der Waals surface area contributed by atoms with Gasteiger partial charge in [-0.1, -0.05) is 0 Å². The van der Waals surface area contributed by atoms with Gasteiger partial charge in [0.1, 0.15) is 11.6 Å². The first-order chi connectivity index (χ1) is 20.4. The summed E-state index contributed by atoms with van der Waals surface area (Å²) in [7, 11) is 5.25. The molecule has 0 saturated carbocycles. The van der Waals surface area contributed by atoms with Crippen molar-refractivity contribution in [1.82, 2.24) is 19.7 Å². The normalized spacial score (nSPS) is 11.5. The van der Waals surface area contributed by atoms with Crippen LogP contribution in [0.25, 0.3) is 11.1 Å². The highest BCUT2D eigenvalue weighted by Gasteiger charge is 2.38. The second-order valence-corrected chi connectivity index (χ2v) is 9.65. The minimum atomic E-state index is -1.82. The number of esters is 2. The van der Waals surface area contributed by atoms with Crippen LogP contribution in [-0.2, 0) is 37.5 Å². The number of nitrogens with zero attached hydrogens (tertiary/aromatic N) is 5. The monoisotopic (exact) mass is 594 g/mol. The van der Waals surface area contributed by atoms with E-state index in [2.05, 4.69) is 10.1 Å². The molecule has 1 aromatic carbocycles. The molecule has 2 heterocycles. The number of aryl methyl sites for hydroxylation is 2. The van der Waals surface area contributed by atoms with Crippen molar-refractivity contribution in [1.29, 1.82) is 5.26 Å². The predicted octanol–water partition coefficient (Wildman–Crippen LogP) is 2.42. The molecule has 15 nitrogen and oxygen atoms in total. The Morgan fingerprint density at radius 3 is 2.44 bits per heavy atom. The fourth-order valence-corrected chi connectivity index (χ4v) is 4.50. The lowest BCUT2D eigenvalue weighted by Crippen LogP contribution is -2.38. The first-order valence-electron chi connectivity index (χ1n) is 12.8. The number of aromatic amines is 1. The maximum Gasteiger partial charge on any atom is 0.324 e. The van der Waals surface area contributed by atoms with E-state index in [9.17, 15) is 34.6 Å². The van der Waals surface area contributed by atoms with E-state index in [1.54, 1.807) is 46.3 Å². The molecule has 1 atom stereocenters. The number of carbonyl (C=O) groups excluding carboxylic acids is 4. The Hall–Kier alpha value is -5.36. The number of aldehydes is 1. The molecule has 0 aliphatic carbocycles. The summed E-state index contributed by atoms with van der Waals surface area (Å²) in [5.41, 5.74) is 0.644. The van der Waals surface area contributed by atoms with Crippen molar-refractivity contribution in [3.8, 4) is 17.2 Å². The van der Waals surface area contributed by atoms with Crippen molar-refractivity contribution in [2.75, 3.05) is 27.9 Å². The quantitative estimate of drug-likeness (QED) is 0.106. The number of nitro benzene ring substituents is 1. The third-order valence-corrected chi connectivity index (χ3v) is 6.75. The summed E-state index contributed by atoms with van der Waals surface area (Å²) in [5.74, 6) is -4.40. The molecular weight excluding hydrogens is 564 g/mol. The number of aromatic nitrogens is 3. The third kappa shape index (κ3) is 6.76. The van der Waals surface area contributed by atoms with Crippen molar-refractivity contribution in [2.24, 2.45) is 7.05 Å². The first-order valence-corrected chi connectivity index (χ1v) is 12.8. The Kier molecular flexibility index (Phi) is 10.1. The van der Waals surface area contributed by atoms with E-state index in [1.807, 2.05) is 0 Å². The lowest BCUT2D eigenvalue weighted by atomic mass is 9.90. The van der Waals surface area contributed by atoms with Crippen molar-refractivity contribution in [3.63, 3.8) is 0 Å². The van der Waals surface area contributed by atoms with E-state index >= 15 is 0 Å². The van der Waals surface area contributed by atoms with Crippen LogP contribution in [-0.4, -0.2) is 82.6 Å². The third-order valence-electron chi connectivity index (χ3n) is 6.75. The molecule has 1 N–H and O–H groups in total. The van der Waals surface area contributed by atoms with Gasteiger partial charge in [-0.3, -0.25) is 34.0 Å². The van der Waals surface area contributed by atoms with Gasteiger partial charge in [0.15, 0.2) is 12.2 Å². The minimum Gasteiger partial charge on any atom is -0.468 e. The molecule has 43 heavy (non-hydrogen) atoms. The summed E-state index contributed by atoms with van der Waals surface area (Å²) in [5, 5.41) is 26.1. The van der Waals surface area contributed by atoms with Crippen LogP contribution in [0.4, 0.5) is 5.69 Å². The molecule has 15 heteroatoms. The van der Waals surface area contributed by atoms with Gasteiger partial charge in [0.2, 0.25) is 0 Å². The molecule has 1 amide bonds. The summed E-state index contributed by atoms with van der Waals surface area (Å²) in [6.07, 6.45) is 2.17. The largest absolute Gasteiger partial charge is 0.468 e. The summed E-state index contributed by atoms with van der Waals surface area (Å²) in [6, 6.07) is 5.45. The van der Waals surface area contributed by atoms with Gasteiger partial charge in [0.25, 0.3) is 11.6 Å². The number of hydrogen-bond donors (Lipinski definition) is 1. The summed E-state index contributed by atoms with van der Waals surface area (Å²) >= 11 is 0. The molecule has 0 unspecified atom stereocenters. The van der Waals surface area contributed by atoms with Crippen molar-refractivity contribution in [3.05, 3.63) is 68.3 Å². The number of H-pyrrole nitrogens is 1. The number of rotatable bonds is 12. The minimum absolute atomic E-state index is 0.0585. The van der Waals surface area contributed by atoms with E-state index < -0.39 is 40.1 Å². The van der Waals surface area contributed by atoms with Gasteiger partial charge in [-0.25, -0.2) is 0 Å². The van der Waals surface area contributed by atoms with Crippen LogP contribution in [0.1, 0.15) is 56.2 Å². The zero-order valence-electron chi connectivity index (χ0n) is 24.4. The Morgan fingerprint density at radius 2 is 1.88 bits per heavy atom. The number of amides is 1. The van der Waals surface area contributed by atoms with Crippen LogP contribution in [0.3, 0.4) is 0 Å². The number of carbonyl (C=O) groups is 4. The van der Waals surface area contributed by atoms with Gasteiger partial charge in [-0.2, -0.15) is 10.4 Å². The molecule has 3 rings (SSSR count). The Balaban J connectivity index is 1.93. The zero-order chi connectivity index (χ0) is 32.0. The Morgan fingerprint density at radius 1 is 1.23 bits per heavy atom. The average molecular weight is 595 g/mol. The van der Waals surface area contributed by atoms with E-state index in [1.165, 1.54) is 21.7 Å². The second kappa shape index (κ2) is 13.5. The second-order valence-electron chi connectivity index (χ2n) is 9.65. The highest BCUT2D eigenvalue weighted by molar-refractivity contribution is 6.02. The Bertz CT molecular complexity index is 1600. The lowest BCUT2D eigenvalue weighted by Gasteiger charge is -2.24. The Labute approximate surface area is 246 Å². The topological polar surface area (TPSA) is 200 Å². The van der Waals surface area contributed by atoms with Gasteiger partial charge in [-0.15, -0.1) is 0 Å². The molecule has 3 aromatic rings. The summed E-state index contributed by atoms with van der Waals surface area (Å²) in [4.78, 5) is 64.7.